The third-order valence-corrected chi connectivity index (χ3v) is 6.95. The molecule has 0 aromatic rings. The van der Waals surface area contributed by atoms with E-state index in [2.05, 4.69) is 6.92 Å². The Kier molecular flexibility index (Phi) is 13.5. The lowest BCUT2D eigenvalue weighted by atomic mass is 10.1. The molecule has 3 nitrogen and oxygen atoms in total. The fraction of sp³-hybridized carbons (Fsp3) is 1.00. The van der Waals surface area contributed by atoms with Gasteiger partial charge in [-0.25, -0.2) is 0 Å². The molecule has 0 aromatic carbocycles. The standard InChI is InChI=1S/C15H34O3P/c1-2-3-4-5-6-7-8-9-10-11-12-19(13-16,14-17)15-18/h16-18H,2-15H2,1H3/q+1. The average Bonchev–Trinajstić information content (AvgIpc) is 2.46. The van der Waals surface area contributed by atoms with Crippen LogP contribution in [0.25, 0.3) is 0 Å². The zero-order valence-electron chi connectivity index (χ0n) is 12.7. The van der Waals surface area contributed by atoms with Gasteiger partial charge in [0, 0.05) is 0 Å². The summed E-state index contributed by atoms with van der Waals surface area (Å²) in [5.41, 5.74) is 0. The molecule has 0 fully saturated rings. The van der Waals surface area contributed by atoms with Gasteiger partial charge >= 0.3 is 0 Å². The molecule has 3 N–H and O–H groups in total. The highest BCUT2D eigenvalue weighted by molar-refractivity contribution is 7.75. The first kappa shape index (κ1) is 19.3. The molecular weight excluding hydrogens is 259 g/mol. The molecule has 0 aliphatic heterocycles. The van der Waals surface area contributed by atoms with Crippen molar-refractivity contribution in [2.24, 2.45) is 0 Å². The normalized spacial score (nSPS) is 12.0. The Hall–Kier alpha value is 0.310. The Morgan fingerprint density at radius 3 is 1.32 bits per heavy atom. The maximum atomic E-state index is 9.25. The molecular formula is C15H34O3P+. The minimum Gasteiger partial charge on any atom is -0.362 e. The van der Waals surface area contributed by atoms with Crippen molar-refractivity contribution in [2.45, 2.75) is 71.1 Å². The molecule has 0 saturated heterocycles. The molecule has 0 rings (SSSR count). The zero-order valence-corrected chi connectivity index (χ0v) is 13.6. The summed E-state index contributed by atoms with van der Waals surface area (Å²) in [6.07, 6.45) is 13.7. The molecule has 0 amide bonds. The van der Waals surface area contributed by atoms with Crippen LogP contribution in [-0.2, 0) is 0 Å². The molecule has 0 bridgehead atoms. The summed E-state index contributed by atoms with van der Waals surface area (Å²) in [5, 5.41) is 27.7. The zero-order chi connectivity index (χ0) is 14.4. The van der Waals surface area contributed by atoms with Gasteiger partial charge in [-0.15, -0.1) is 0 Å². The van der Waals surface area contributed by atoms with E-state index in [4.69, 9.17) is 0 Å². The first-order valence-corrected chi connectivity index (χ1v) is 10.5. The Bertz CT molecular complexity index is 176. The quantitative estimate of drug-likeness (QED) is 0.337. The number of hydrogen-bond donors (Lipinski definition) is 3. The lowest BCUT2D eigenvalue weighted by Gasteiger charge is -2.19. The molecule has 0 spiro atoms. The minimum atomic E-state index is -1.85. The summed E-state index contributed by atoms with van der Waals surface area (Å²) < 4.78 is 0. The van der Waals surface area contributed by atoms with Gasteiger partial charge in [0.15, 0.2) is 19.0 Å². The number of aliphatic hydroxyl groups excluding tert-OH is 3. The van der Waals surface area contributed by atoms with Crippen LogP contribution >= 0.6 is 7.26 Å². The molecule has 19 heavy (non-hydrogen) atoms. The first-order valence-electron chi connectivity index (χ1n) is 7.92. The highest BCUT2D eigenvalue weighted by Gasteiger charge is 2.34. The van der Waals surface area contributed by atoms with Crippen molar-refractivity contribution in [2.75, 3.05) is 25.2 Å². The van der Waals surface area contributed by atoms with Crippen LogP contribution in [0.15, 0.2) is 0 Å². The van der Waals surface area contributed by atoms with E-state index in [1.807, 2.05) is 0 Å². The van der Waals surface area contributed by atoms with Gasteiger partial charge in [-0.1, -0.05) is 58.3 Å². The van der Waals surface area contributed by atoms with Gasteiger partial charge in [0.1, 0.15) is 0 Å². The third-order valence-electron chi connectivity index (χ3n) is 3.89. The van der Waals surface area contributed by atoms with E-state index in [-0.39, 0.29) is 19.0 Å². The largest absolute Gasteiger partial charge is 0.362 e. The summed E-state index contributed by atoms with van der Waals surface area (Å²) in [5.74, 6) is 0. The summed E-state index contributed by atoms with van der Waals surface area (Å²) in [4.78, 5) is 0. The fourth-order valence-electron chi connectivity index (χ4n) is 2.28. The van der Waals surface area contributed by atoms with E-state index in [0.717, 1.165) is 19.0 Å². The maximum absolute atomic E-state index is 9.25. The highest BCUT2D eigenvalue weighted by atomic mass is 31.2. The van der Waals surface area contributed by atoms with Crippen molar-refractivity contribution in [3.05, 3.63) is 0 Å². The predicted octanol–water partition coefficient (Wildman–Crippen LogP) is 3.77. The van der Waals surface area contributed by atoms with Crippen molar-refractivity contribution in [3.63, 3.8) is 0 Å². The van der Waals surface area contributed by atoms with Crippen LogP contribution in [0, 0.1) is 0 Å². The highest BCUT2D eigenvalue weighted by Crippen LogP contribution is 2.56. The number of rotatable bonds is 14. The van der Waals surface area contributed by atoms with Crippen molar-refractivity contribution in [1.82, 2.24) is 0 Å². The molecule has 116 valence electrons. The summed E-state index contributed by atoms with van der Waals surface area (Å²) in [7, 11) is -1.85. The van der Waals surface area contributed by atoms with Gasteiger partial charge in [-0.2, -0.15) is 0 Å². The number of hydrogen-bond acceptors (Lipinski definition) is 3. The summed E-state index contributed by atoms with van der Waals surface area (Å²) in [6.45, 7) is 2.24. The van der Waals surface area contributed by atoms with Crippen LogP contribution in [0.3, 0.4) is 0 Å². The first-order chi connectivity index (χ1) is 9.24. The van der Waals surface area contributed by atoms with Crippen molar-refractivity contribution < 1.29 is 15.3 Å². The van der Waals surface area contributed by atoms with Gasteiger partial charge in [-0.3, -0.25) is 0 Å². The molecule has 0 heterocycles. The van der Waals surface area contributed by atoms with Crippen LogP contribution in [0.1, 0.15) is 71.1 Å². The van der Waals surface area contributed by atoms with Crippen molar-refractivity contribution in [3.8, 4) is 0 Å². The van der Waals surface area contributed by atoms with Crippen molar-refractivity contribution >= 4 is 7.26 Å². The van der Waals surface area contributed by atoms with Crippen molar-refractivity contribution in [1.29, 1.82) is 0 Å². The second kappa shape index (κ2) is 13.3. The summed E-state index contributed by atoms with van der Waals surface area (Å²) in [6, 6.07) is 0. The average molecular weight is 293 g/mol. The lowest BCUT2D eigenvalue weighted by Crippen LogP contribution is -2.11. The molecule has 0 atom stereocenters. The number of unbranched alkanes of at least 4 members (excludes halogenated alkanes) is 9. The fourth-order valence-corrected chi connectivity index (χ4v) is 3.87. The Balaban J connectivity index is 3.35. The monoisotopic (exact) mass is 293 g/mol. The third kappa shape index (κ3) is 9.79. The smallest absolute Gasteiger partial charge is 0.158 e. The van der Waals surface area contributed by atoms with E-state index in [1.54, 1.807) is 0 Å². The predicted molar refractivity (Wildman–Crippen MR) is 84.9 cm³/mol. The Labute approximate surface area is 119 Å². The maximum Gasteiger partial charge on any atom is 0.158 e. The second-order valence-corrected chi connectivity index (χ2v) is 9.65. The molecule has 4 heteroatoms. The van der Waals surface area contributed by atoms with E-state index in [9.17, 15) is 15.3 Å². The van der Waals surface area contributed by atoms with Crippen LogP contribution in [0.5, 0.6) is 0 Å². The van der Waals surface area contributed by atoms with Crippen LogP contribution in [0.2, 0.25) is 0 Å². The topological polar surface area (TPSA) is 60.7 Å². The van der Waals surface area contributed by atoms with Gasteiger partial charge < -0.3 is 15.3 Å². The Morgan fingerprint density at radius 2 is 0.947 bits per heavy atom. The van der Waals surface area contributed by atoms with Crippen LogP contribution in [0.4, 0.5) is 0 Å². The van der Waals surface area contributed by atoms with Gasteiger partial charge in [0.05, 0.1) is 13.4 Å². The lowest BCUT2D eigenvalue weighted by molar-refractivity contribution is 0.311. The Morgan fingerprint density at radius 1 is 0.579 bits per heavy atom. The minimum absolute atomic E-state index is 0.0164. The summed E-state index contributed by atoms with van der Waals surface area (Å²) >= 11 is 0. The SMILES string of the molecule is CCCCCCCCCCCC[P+](CO)(CO)CO. The molecule has 0 unspecified atom stereocenters. The van der Waals surface area contributed by atoms with Gasteiger partial charge in [-0.05, 0) is 12.8 Å². The van der Waals surface area contributed by atoms with Crippen LogP contribution in [-0.4, -0.2) is 40.5 Å². The molecule has 0 saturated carbocycles. The molecule has 0 aliphatic rings. The van der Waals surface area contributed by atoms with E-state index in [1.165, 1.54) is 51.4 Å². The molecule has 0 aromatic heterocycles. The van der Waals surface area contributed by atoms with E-state index >= 15 is 0 Å². The van der Waals surface area contributed by atoms with Gasteiger partial charge in [0.25, 0.3) is 0 Å². The molecule has 0 aliphatic carbocycles. The second-order valence-electron chi connectivity index (χ2n) is 5.67. The van der Waals surface area contributed by atoms with Crippen LogP contribution < -0.4 is 0 Å². The molecule has 0 radical (unpaired) electrons. The van der Waals surface area contributed by atoms with E-state index in [0.29, 0.717) is 0 Å². The van der Waals surface area contributed by atoms with E-state index < -0.39 is 7.26 Å². The number of aliphatic hydroxyl groups is 3. The van der Waals surface area contributed by atoms with Gasteiger partial charge in [0.2, 0.25) is 0 Å².